The number of hydrogen-bond donors (Lipinski definition) is 4. The second-order valence-corrected chi connectivity index (χ2v) is 3.38. The van der Waals surface area contributed by atoms with Crippen LogP contribution >= 0.6 is 0 Å². The van der Waals surface area contributed by atoms with Crippen LogP contribution in [-0.4, -0.2) is 42.2 Å². The van der Waals surface area contributed by atoms with E-state index in [1.165, 1.54) is 0 Å². The molecule has 0 aromatic rings. The Kier molecular flexibility index (Phi) is 3.84. The van der Waals surface area contributed by atoms with E-state index in [4.69, 9.17) is 10.8 Å². The second kappa shape index (κ2) is 4.92. The molecule has 1 aliphatic rings. The van der Waals surface area contributed by atoms with Crippen LogP contribution in [-0.2, 0) is 9.59 Å². The fraction of sp³-hybridized carbons (Fsp3) is 0.750. The van der Waals surface area contributed by atoms with Crippen LogP contribution in [0.5, 0.6) is 0 Å². The lowest BCUT2D eigenvalue weighted by molar-refractivity contribution is -0.126. The third-order valence-electron chi connectivity index (χ3n) is 1.95. The molecule has 0 spiro atoms. The summed E-state index contributed by atoms with van der Waals surface area (Å²) in [4.78, 5) is 21.5. The number of amides is 2. The fourth-order valence-corrected chi connectivity index (χ4v) is 0.898. The van der Waals surface area contributed by atoms with E-state index < -0.39 is 12.0 Å². The van der Waals surface area contributed by atoms with Crippen molar-refractivity contribution in [1.29, 1.82) is 0 Å². The Labute approximate surface area is 81.8 Å². The quantitative estimate of drug-likeness (QED) is 0.388. The summed E-state index contributed by atoms with van der Waals surface area (Å²) in [6, 6.07) is 0.460. The highest BCUT2D eigenvalue weighted by molar-refractivity contribution is 5.81. The first-order valence-corrected chi connectivity index (χ1v) is 4.57. The molecule has 1 saturated carbocycles. The molecule has 1 unspecified atom stereocenters. The molecule has 0 saturated heterocycles. The Morgan fingerprint density at radius 3 is 2.64 bits per heavy atom. The highest BCUT2D eigenvalue weighted by Gasteiger charge is 2.21. The predicted molar refractivity (Wildman–Crippen MR) is 49.2 cm³/mol. The molecular formula is C8H15N3O3. The van der Waals surface area contributed by atoms with E-state index in [9.17, 15) is 9.59 Å². The van der Waals surface area contributed by atoms with Gasteiger partial charge in [0.2, 0.25) is 11.8 Å². The topological polar surface area (TPSA) is 104 Å². The number of aliphatic hydroxyl groups is 1. The highest BCUT2D eigenvalue weighted by atomic mass is 16.3. The van der Waals surface area contributed by atoms with Crippen molar-refractivity contribution >= 4 is 11.8 Å². The summed E-state index contributed by atoms with van der Waals surface area (Å²) in [7, 11) is 0. The maximum absolute atomic E-state index is 11.1. The van der Waals surface area contributed by atoms with Crippen LogP contribution in [0.3, 0.4) is 0 Å². The van der Waals surface area contributed by atoms with Crippen molar-refractivity contribution < 1.29 is 14.7 Å². The van der Waals surface area contributed by atoms with Crippen molar-refractivity contribution in [2.75, 3.05) is 13.1 Å². The fourth-order valence-electron chi connectivity index (χ4n) is 0.898. The molecule has 1 rings (SSSR count). The predicted octanol–water partition coefficient (Wildman–Crippen LogP) is -2.30. The lowest BCUT2D eigenvalue weighted by Gasteiger charge is -2.08. The molecule has 0 aromatic carbocycles. The second-order valence-electron chi connectivity index (χ2n) is 3.38. The van der Waals surface area contributed by atoms with Crippen LogP contribution in [0.1, 0.15) is 12.8 Å². The normalized spacial score (nSPS) is 17.5. The molecule has 0 heterocycles. The molecule has 1 aliphatic carbocycles. The number of primary amides is 1. The van der Waals surface area contributed by atoms with Gasteiger partial charge in [-0.25, -0.2) is 0 Å². The van der Waals surface area contributed by atoms with Crippen LogP contribution in [0.2, 0.25) is 0 Å². The van der Waals surface area contributed by atoms with Crippen molar-refractivity contribution in [3.8, 4) is 0 Å². The lowest BCUT2D eigenvalue weighted by atomic mass is 10.3. The molecule has 1 fully saturated rings. The Morgan fingerprint density at radius 2 is 2.14 bits per heavy atom. The molecule has 0 aliphatic heterocycles. The van der Waals surface area contributed by atoms with Gasteiger partial charge < -0.3 is 21.5 Å². The Bertz CT molecular complexity index is 228. The van der Waals surface area contributed by atoms with Gasteiger partial charge in [-0.15, -0.1) is 0 Å². The molecule has 5 N–H and O–H groups in total. The average molecular weight is 201 g/mol. The van der Waals surface area contributed by atoms with E-state index in [2.05, 4.69) is 10.6 Å². The van der Waals surface area contributed by atoms with E-state index in [1.807, 2.05) is 0 Å². The zero-order valence-electron chi connectivity index (χ0n) is 7.82. The van der Waals surface area contributed by atoms with Crippen molar-refractivity contribution in [2.45, 2.75) is 25.0 Å². The lowest BCUT2D eigenvalue weighted by Crippen LogP contribution is -2.43. The van der Waals surface area contributed by atoms with E-state index >= 15 is 0 Å². The van der Waals surface area contributed by atoms with Gasteiger partial charge in [-0.3, -0.25) is 9.59 Å². The minimum atomic E-state index is -1.31. The van der Waals surface area contributed by atoms with Gasteiger partial charge in [-0.2, -0.15) is 0 Å². The van der Waals surface area contributed by atoms with Gasteiger partial charge in [0.15, 0.2) is 0 Å². The maximum atomic E-state index is 11.1. The zero-order chi connectivity index (χ0) is 10.6. The van der Waals surface area contributed by atoms with E-state index in [-0.39, 0.29) is 19.0 Å². The molecular weight excluding hydrogens is 186 g/mol. The third kappa shape index (κ3) is 4.20. The first-order chi connectivity index (χ1) is 6.59. The van der Waals surface area contributed by atoms with E-state index in [0.717, 1.165) is 12.8 Å². The number of hydrogen-bond acceptors (Lipinski definition) is 4. The molecule has 6 nitrogen and oxygen atoms in total. The molecule has 0 aromatic heterocycles. The summed E-state index contributed by atoms with van der Waals surface area (Å²) in [5.41, 5.74) is 4.80. The summed E-state index contributed by atoms with van der Waals surface area (Å²) in [5.74, 6) is -1.07. The number of aliphatic hydroxyl groups excluding tert-OH is 1. The summed E-state index contributed by atoms with van der Waals surface area (Å²) >= 11 is 0. The number of rotatable bonds is 6. The van der Waals surface area contributed by atoms with Gasteiger partial charge in [0.1, 0.15) is 6.10 Å². The van der Waals surface area contributed by atoms with Gasteiger partial charge in [-0.1, -0.05) is 0 Å². The monoisotopic (exact) mass is 201 g/mol. The standard InChI is InChI=1S/C8H15N3O3/c9-8(14)6(12)3-11-7(13)4-10-5-1-2-5/h5-6,10,12H,1-4H2,(H2,9,14)(H,11,13). The number of carbonyl (C=O) groups excluding carboxylic acids is 2. The summed E-state index contributed by atoms with van der Waals surface area (Å²) in [6.07, 6.45) is 0.911. The van der Waals surface area contributed by atoms with Crippen molar-refractivity contribution in [1.82, 2.24) is 10.6 Å². The molecule has 1 atom stereocenters. The zero-order valence-corrected chi connectivity index (χ0v) is 7.82. The molecule has 2 amide bonds. The Hall–Kier alpha value is -1.14. The summed E-state index contributed by atoms with van der Waals surface area (Å²) in [6.45, 7) is 0.0939. The van der Waals surface area contributed by atoms with Crippen LogP contribution in [0.4, 0.5) is 0 Å². The van der Waals surface area contributed by atoms with Crippen LogP contribution < -0.4 is 16.4 Å². The first-order valence-electron chi connectivity index (χ1n) is 4.57. The van der Waals surface area contributed by atoms with Gasteiger partial charge in [-0.05, 0) is 12.8 Å². The summed E-state index contributed by atoms with van der Waals surface area (Å²) < 4.78 is 0. The highest BCUT2D eigenvalue weighted by Crippen LogP contribution is 2.17. The average Bonchev–Trinajstić information content (AvgIpc) is 2.94. The van der Waals surface area contributed by atoms with Gasteiger partial charge in [0.05, 0.1) is 13.1 Å². The minimum Gasteiger partial charge on any atom is -0.381 e. The number of nitrogens with one attached hydrogen (secondary N) is 2. The van der Waals surface area contributed by atoms with Crippen LogP contribution in [0.15, 0.2) is 0 Å². The van der Waals surface area contributed by atoms with Gasteiger partial charge in [0.25, 0.3) is 0 Å². The molecule has 0 radical (unpaired) electrons. The Morgan fingerprint density at radius 1 is 1.50 bits per heavy atom. The van der Waals surface area contributed by atoms with E-state index in [1.54, 1.807) is 0 Å². The van der Waals surface area contributed by atoms with Crippen molar-refractivity contribution in [3.05, 3.63) is 0 Å². The molecule has 14 heavy (non-hydrogen) atoms. The summed E-state index contributed by atoms with van der Waals surface area (Å²) in [5, 5.41) is 14.3. The Balaban J connectivity index is 2.04. The molecule has 6 heteroatoms. The largest absolute Gasteiger partial charge is 0.381 e. The number of nitrogens with two attached hydrogens (primary N) is 1. The van der Waals surface area contributed by atoms with Crippen molar-refractivity contribution in [2.24, 2.45) is 5.73 Å². The van der Waals surface area contributed by atoms with Crippen molar-refractivity contribution in [3.63, 3.8) is 0 Å². The number of carbonyl (C=O) groups is 2. The molecule has 0 bridgehead atoms. The van der Waals surface area contributed by atoms with Crippen LogP contribution in [0, 0.1) is 0 Å². The smallest absolute Gasteiger partial charge is 0.248 e. The maximum Gasteiger partial charge on any atom is 0.248 e. The first kappa shape index (κ1) is 10.9. The third-order valence-corrected chi connectivity index (χ3v) is 1.95. The SMILES string of the molecule is NC(=O)C(O)CNC(=O)CNC1CC1. The van der Waals surface area contributed by atoms with Gasteiger partial charge >= 0.3 is 0 Å². The molecule has 80 valence electrons. The van der Waals surface area contributed by atoms with E-state index in [0.29, 0.717) is 6.04 Å². The minimum absolute atomic E-state index is 0.124. The van der Waals surface area contributed by atoms with Crippen LogP contribution in [0.25, 0.3) is 0 Å². The van der Waals surface area contributed by atoms with Gasteiger partial charge in [0, 0.05) is 6.04 Å².